The van der Waals surface area contributed by atoms with Crippen LogP contribution in [0.25, 0.3) is 0 Å². The molecular formula is C16H21NO2S. The Bertz CT molecular complexity index is 522. The fourth-order valence-corrected chi connectivity index (χ4v) is 3.11. The first kappa shape index (κ1) is 15.0. The van der Waals surface area contributed by atoms with E-state index in [9.17, 15) is 0 Å². The molecule has 0 aliphatic carbocycles. The number of furan rings is 1. The van der Waals surface area contributed by atoms with Crippen LogP contribution >= 0.6 is 11.8 Å². The van der Waals surface area contributed by atoms with Crippen LogP contribution < -0.4 is 10.1 Å². The number of ether oxygens (including phenoxy) is 1. The van der Waals surface area contributed by atoms with E-state index in [4.69, 9.17) is 9.15 Å². The minimum atomic E-state index is 0.310. The highest BCUT2D eigenvalue weighted by molar-refractivity contribution is 7.99. The van der Waals surface area contributed by atoms with Gasteiger partial charge in [-0.05, 0) is 44.7 Å². The molecule has 0 spiro atoms. The quantitative estimate of drug-likeness (QED) is 0.781. The van der Waals surface area contributed by atoms with Crippen LogP contribution in [-0.2, 0) is 0 Å². The zero-order chi connectivity index (χ0) is 14.4. The van der Waals surface area contributed by atoms with Gasteiger partial charge in [-0.25, -0.2) is 0 Å². The summed E-state index contributed by atoms with van der Waals surface area (Å²) >= 11 is 1.81. The molecule has 1 heterocycles. The highest BCUT2D eigenvalue weighted by atomic mass is 32.2. The van der Waals surface area contributed by atoms with Gasteiger partial charge in [0.1, 0.15) is 11.5 Å². The number of hydrogen-bond donors (Lipinski definition) is 1. The monoisotopic (exact) mass is 291 g/mol. The van der Waals surface area contributed by atoms with Crippen molar-refractivity contribution in [3.8, 4) is 5.75 Å². The Morgan fingerprint density at radius 3 is 2.55 bits per heavy atom. The molecule has 108 valence electrons. The Kier molecular flexibility index (Phi) is 5.56. The minimum absolute atomic E-state index is 0.310. The van der Waals surface area contributed by atoms with E-state index in [1.807, 2.05) is 50.9 Å². The molecule has 1 aromatic carbocycles. The van der Waals surface area contributed by atoms with E-state index in [2.05, 4.69) is 17.4 Å². The van der Waals surface area contributed by atoms with E-state index in [0.717, 1.165) is 17.3 Å². The van der Waals surface area contributed by atoms with Gasteiger partial charge in [-0.2, -0.15) is 0 Å². The average molecular weight is 291 g/mol. The van der Waals surface area contributed by atoms with Crippen LogP contribution in [0.5, 0.6) is 5.75 Å². The topological polar surface area (TPSA) is 34.4 Å². The van der Waals surface area contributed by atoms with Gasteiger partial charge in [-0.3, -0.25) is 0 Å². The summed E-state index contributed by atoms with van der Waals surface area (Å²) in [7, 11) is 1.99. The molecule has 0 saturated carbocycles. The van der Waals surface area contributed by atoms with Crippen LogP contribution in [0.2, 0.25) is 0 Å². The zero-order valence-corrected chi connectivity index (χ0v) is 13.0. The Balaban J connectivity index is 1.98. The molecule has 3 nitrogen and oxygen atoms in total. The Morgan fingerprint density at radius 2 is 2.00 bits per heavy atom. The largest absolute Gasteiger partial charge is 0.494 e. The molecular weight excluding hydrogens is 270 g/mol. The summed E-state index contributed by atoms with van der Waals surface area (Å²) in [4.78, 5) is 1.20. The van der Waals surface area contributed by atoms with Crippen molar-refractivity contribution in [3.05, 3.63) is 47.9 Å². The van der Waals surface area contributed by atoms with E-state index in [0.29, 0.717) is 12.6 Å². The standard InChI is InChI=1S/C16H21NO2S/c1-4-18-14-7-5-13(6-8-14)15(17-3)11-20-16-9-10-19-12(16)2/h5-10,15,17H,4,11H2,1-3H3. The molecule has 20 heavy (non-hydrogen) atoms. The van der Waals surface area contributed by atoms with Crippen molar-refractivity contribution in [3.63, 3.8) is 0 Å². The number of thioether (sulfide) groups is 1. The van der Waals surface area contributed by atoms with Gasteiger partial charge in [-0.15, -0.1) is 11.8 Å². The van der Waals surface area contributed by atoms with Gasteiger partial charge in [0.25, 0.3) is 0 Å². The number of benzene rings is 1. The second-order valence-electron chi connectivity index (χ2n) is 4.50. The van der Waals surface area contributed by atoms with Crippen LogP contribution in [0.3, 0.4) is 0 Å². The van der Waals surface area contributed by atoms with Crippen molar-refractivity contribution >= 4 is 11.8 Å². The van der Waals surface area contributed by atoms with E-state index in [1.54, 1.807) is 6.26 Å². The molecule has 0 aliphatic heterocycles. The number of aryl methyl sites for hydroxylation is 1. The predicted molar refractivity (Wildman–Crippen MR) is 83.6 cm³/mol. The maximum atomic E-state index is 5.47. The third kappa shape index (κ3) is 3.81. The number of hydrogen-bond acceptors (Lipinski definition) is 4. The van der Waals surface area contributed by atoms with Crippen molar-refractivity contribution in [2.24, 2.45) is 0 Å². The highest BCUT2D eigenvalue weighted by Crippen LogP contribution is 2.28. The van der Waals surface area contributed by atoms with E-state index in [1.165, 1.54) is 10.5 Å². The van der Waals surface area contributed by atoms with E-state index in [-0.39, 0.29) is 0 Å². The molecule has 4 heteroatoms. The maximum Gasteiger partial charge on any atom is 0.119 e. The summed E-state index contributed by atoms with van der Waals surface area (Å²) in [6.07, 6.45) is 1.74. The number of rotatable bonds is 7. The third-order valence-electron chi connectivity index (χ3n) is 3.16. The number of nitrogens with one attached hydrogen (secondary N) is 1. The molecule has 2 rings (SSSR count). The fraction of sp³-hybridized carbons (Fsp3) is 0.375. The van der Waals surface area contributed by atoms with Gasteiger partial charge in [-0.1, -0.05) is 12.1 Å². The first-order valence-corrected chi connectivity index (χ1v) is 7.80. The van der Waals surface area contributed by atoms with Crippen LogP contribution in [0.15, 0.2) is 45.9 Å². The fourth-order valence-electron chi connectivity index (χ4n) is 2.01. The highest BCUT2D eigenvalue weighted by Gasteiger charge is 2.11. The Morgan fingerprint density at radius 1 is 1.25 bits per heavy atom. The molecule has 1 N–H and O–H groups in total. The zero-order valence-electron chi connectivity index (χ0n) is 12.2. The third-order valence-corrected chi connectivity index (χ3v) is 4.39. The SMILES string of the molecule is CCOc1ccc(C(CSc2ccoc2C)NC)cc1. The van der Waals surface area contributed by atoms with Crippen molar-refractivity contribution < 1.29 is 9.15 Å². The molecule has 1 atom stereocenters. The first-order chi connectivity index (χ1) is 9.74. The lowest BCUT2D eigenvalue weighted by Gasteiger charge is -2.16. The molecule has 0 aliphatic rings. The maximum absolute atomic E-state index is 5.47. The lowest BCUT2D eigenvalue weighted by Crippen LogP contribution is -2.18. The molecule has 0 saturated heterocycles. The van der Waals surface area contributed by atoms with Gasteiger partial charge in [0, 0.05) is 16.7 Å². The van der Waals surface area contributed by atoms with Gasteiger partial charge in [0.2, 0.25) is 0 Å². The molecule has 1 aromatic heterocycles. The molecule has 0 bridgehead atoms. The van der Waals surface area contributed by atoms with Crippen LogP contribution in [-0.4, -0.2) is 19.4 Å². The summed E-state index contributed by atoms with van der Waals surface area (Å²) in [5, 5.41) is 3.36. The lowest BCUT2D eigenvalue weighted by molar-refractivity contribution is 0.340. The molecule has 0 fully saturated rings. The van der Waals surface area contributed by atoms with Crippen LogP contribution in [0.1, 0.15) is 24.3 Å². The molecule has 1 unspecified atom stereocenters. The average Bonchev–Trinajstić information content (AvgIpc) is 2.87. The molecule has 0 radical (unpaired) electrons. The Hall–Kier alpha value is -1.39. The Labute approximate surface area is 124 Å². The second-order valence-corrected chi connectivity index (χ2v) is 5.56. The summed E-state index contributed by atoms with van der Waals surface area (Å²) < 4.78 is 10.8. The summed E-state index contributed by atoms with van der Waals surface area (Å²) in [6.45, 7) is 4.69. The van der Waals surface area contributed by atoms with Crippen molar-refractivity contribution in [1.29, 1.82) is 0 Å². The van der Waals surface area contributed by atoms with Gasteiger partial charge in [0.05, 0.1) is 12.9 Å². The summed E-state index contributed by atoms with van der Waals surface area (Å²) in [5.74, 6) is 2.87. The lowest BCUT2D eigenvalue weighted by atomic mass is 10.1. The van der Waals surface area contributed by atoms with E-state index < -0.39 is 0 Å². The first-order valence-electron chi connectivity index (χ1n) is 6.81. The van der Waals surface area contributed by atoms with Gasteiger partial charge < -0.3 is 14.5 Å². The normalized spacial score (nSPS) is 12.3. The molecule has 0 amide bonds. The predicted octanol–water partition coefficient (Wildman–Crippen LogP) is 4.04. The van der Waals surface area contributed by atoms with Crippen molar-refractivity contribution in [2.75, 3.05) is 19.4 Å². The second kappa shape index (κ2) is 7.41. The van der Waals surface area contributed by atoms with Crippen molar-refractivity contribution in [2.45, 2.75) is 24.8 Å². The van der Waals surface area contributed by atoms with E-state index >= 15 is 0 Å². The summed E-state index contributed by atoms with van der Waals surface area (Å²) in [6, 6.07) is 10.6. The molecule has 2 aromatic rings. The van der Waals surface area contributed by atoms with Gasteiger partial charge >= 0.3 is 0 Å². The van der Waals surface area contributed by atoms with Crippen LogP contribution in [0, 0.1) is 6.92 Å². The minimum Gasteiger partial charge on any atom is -0.494 e. The smallest absolute Gasteiger partial charge is 0.119 e. The van der Waals surface area contributed by atoms with Crippen LogP contribution in [0.4, 0.5) is 0 Å². The van der Waals surface area contributed by atoms with Crippen molar-refractivity contribution in [1.82, 2.24) is 5.32 Å². The van der Waals surface area contributed by atoms with Gasteiger partial charge in [0.15, 0.2) is 0 Å². The summed E-state index contributed by atoms with van der Waals surface area (Å²) in [5.41, 5.74) is 1.27.